The third-order valence-corrected chi connectivity index (χ3v) is 4.72. The molecule has 7 heteroatoms. The first kappa shape index (κ1) is 18.3. The highest BCUT2D eigenvalue weighted by atomic mass is 35.5. The van der Waals surface area contributed by atoms with E-state index in [2.05, 4.69) is 0 Å². The van der Waals surface area contributed by atoms with E-state index in [1.165, 1.54) is 0 Å². The van der Waals surface area contributed by atoms with Crippen LogP contribution in [0.4, 0.5) is 0 Å². The molecular weight excluding hydrogens is 377 g/mol. The maximum absolute atomic E-state index is 12.5. The molecule has 0 amide bonds. The molecule has 0 fully saturated rings. The number of rotatable bonds is 5. The van der Waals surface area contributed by atoms with Crippen LogP contribution in [0.1, 0.15) is 33.3 Å². The molecule has 3 aromatic rings. The van der Waals surface area contributed by atoms with Crippen molar-refractivity contribution in [3.63, 3.8) is 0 Å². The van der Waals surface area contributed by atoms with Crippen LogP contribution in [0.5, 0.6) is 0 Å². The predicted molar refractivity (Wildman–Crippen MR) is 100 cm³/mol. The van der Waals surface area contributed by atoms with Crippen LogP contribution in [0.15, 0.2) is 42.5 Å². The Kier molecular flexibility index (Phi) is 5.20. The molecule has 1 aromatic heterocycles. The minimum absolute atomic E-state index is 0.00613. The van der Waals surface area contributed by atoms with Gasteiger partial charge in [-0.2, -0.15) is 0 Å². The Labute approximate surface area is 159 Å². The number of hydrogen-bond acceptors (Lipinski definition) is 3. The fourth-order valence-electron chi connectivity index (χ4n) is 2.92. The van der Waals surface area contributed by atoms with Crippen molar-refractivity contribution in [3.8, 4) is 0 Å². The third-order valence-electron chi connectivity index (χ3n) is 3.98. The van der Waals surface area contributed by atoms with Gasteiger partial charge < -0.3 is 14.4 Å². The van der Waals surface area contributed by atoms with Gasteiger partial charge in [-0.25, -0.2) is 9.59 Å². The lowest BCUT2D eigenvalue weighted by atomic mass is 10.1. The molecule has 0 saturated heterocycles. The van der Waals surface area contributed by atoms with Crippen molar-refractivity contribution in [2.75, 3.05) is 6.61 Å². The summed E-state index contributed by atoms with van der Waals surface area (Å²) in [6, 6.07) is 12.1. The summed E-state index contributed by atoms with van der Waals surface area (Å²) in [5.74, 6) is -1.86. The van der Waals surface area contributed by atoms with Gasteiger partial charge in [0.25, 0.3) is 0 Å². The van der Waals surface area contributed by atoms with Gasteiger partial charge in [0, 0.05) is 17.4 Å². The number of carbonyl (C=O) groups is 2. The Morgan fingerprint density at radius 3 is 2.50 bits per heavy atom. The Bertz CT molecular complexity index is 1010. The molecule has 1 N–H and O–H groups in total. The Morgan fingerprint density at radius 1 is 1.12 bits per heavy atom. The zero-order valence-electron chi connectivity index (χ0n) is 13.8. The topological polar surface area (TPSA) is 68.5 Å². The van der Waals surface area contributed by atoms with Crippen molar-refractivity contribution in [1.82, 2.24) is 4.57 Å². The first-order valence-corrected chi connectivity index (χ1v) is 8.65. The highest BCUT2D eigenvalue weighted by Crippen LogP contribution is 2.29. The van der Waals surface area contributed by atoms with E-state index in [0.29, 0.717) is 20.9 Å². The number of nitrogens with zero attached hydrogens (tertiary/aromatic N) is 1. The second kappa shape index (κ2) is 7.40. The summed E-state index contributed by atoms with van der Waals surface area (Å²) in [5.41, 5.74) is 1.34. The van der Waals surface area contributed by atoms with Crippen LogP contribution in [0.3, 0.4) is 0 Å². The molecule has 0 aliphatic carbocycles. The van der Waals surface area contributed by atoms with Gasteiger partial charge in [-0.3, -0.25) is 0 Å². The summed E-state index contributed by atoms with van der Waals surface area (Å²) in [6.07, 6.45) is 0. The molecule has 3 rings (SSSR count). The number of carboxylic acids is 1. The second-order valence-corrected chi connectivity index (χ2v) is 6.42. The Hall–Kier alpha value is -2.50. The van der Waals surface area contributed by atoms with Gasteiger partial charge >= 0.3 is 11.9 Å². The van der Waals surface area contributed by atoms with E-state index in [1.807, 2.05) is 0 Å². The van der Waals surface area contributed by atoms with E-state index >= 15 is 0 Å². The molecule has 1 heterocycles. The fraction of sp³-hybridized carbons (Fsp3) is 0.158. The molecular formula is C19H15Cl2NO4. The highest BCUT2D eigenvalue weighted by molar-refractivity contribution is 6.42. The van der Waals surface area contributed by atoms with Crippen LogP contribution >= 0.6 is 23.2 Å². The standard InChI is InChI=1S/C19H15Cl2NO4/c1-2-26-19(25)17-16(18(23)24)12-5-3-4-6-15(12)22(17)10-11-7-8-13(20)14(21)9-11/h3-9H,2,10H2,1H3,(H,23,24). The van der Waals surface area contributed by atoms with E-state index in [0.717, 1.165) is 5.56 Å². The Morgan fingerprint density at radius 2 is 1.85 bits per heavy atom. The molecule has 0 radical (unpaired) electrons. The van der Waals surface area contributed by atoms with Crippen molar-refractivity contribution in [2.45, 2.75) is 13.5 Å². The van der Waals surface area contributed by atoms with Gasteiger partial charge in [0.15, 0.2) is 0 Å². The normalized spacial score (nSPS) is 10.9. The summed E-state index contributed by atoms with van der Waals surface area (Å²) >= 11 is 12.0. The number of hydrogen-bond donors (Lipinski definition) is 1. The molecule has 0 saturated carbocycles. The number of ether oxygens (including phenoxy) is 1. The third kappa shape index (κ3) is 3.28. The number of para-hydroxylation sites is 1. The first-order chi connectivity index (χ1) is 12.4. The lowest BCUT2D eigenvalue weighted by Gasteiger charge is -2.11. The number of esters is 1. The average Bonchev–Trinajstić information content (AvgIpc) is 2.93. The summed E-state index contributed by atoms with van der Waals surface area (Å²) in [5, 5.41) is 11.0. The van der Waals surface area contributed by atoms with E-state index in [1.54, 1.807) is 54.0 Å². The quantitative estimate of drug-likeness (QED) is 0.629. The van der Waals surface area contributed by atoms with E-state index < -0.39 is 11.9 Å². The summed E-state index contributed by atoms with van der Waals surface area (Å²) < 4.78 is 6.73. The van der Waals surface area contributed by atoms with Crippen LogP contribution in [0, 0.1) is 0 Å². The lowest BCUT2D eigenvalue weighted by molar-refractivity contribution is 0.0503. The van der Waals surface area contributed by atoms with Crippen LogP contribution in [0.2, 0.25) is 10.0 Å². The van der Waals surface area contributed by atoms with Crippen molar-refractivity contribution in [3.05, 3.63) is 69.3 Å². The number of aromatic nitrogens is 1. The van der Waals surface area contributed by atoms with Crippen LogP contribution in [-0.4, -0.2) is 28.2 Å². The molecule has 0 atom stereocenters. The number of carbonyl (C=O) groups excluding carboxylic acids is 1. The lowest BCUT2D eigenvalue weighted by Crippen LogP contribution is -2.16. The number of carboxylic acid groups (broad SMARTS) is 1. The highest BCUT2D eigenvalue weighted by Gasteiger charge is 2.28. The van der Waals surface area contributed by atoms with Crippen LogP contribution in [0.25, 0.3) is 10.9 Å². The minimum atomic E-state index is -1.18. The van der Waals surface area contributed by atoms with Gasteiger partial charge in [0.05, 0.1) is 22.2 Å². The molecule has 134 valence electrons. The Balaban J connectivity index is 2.24. The maximum atomic E-state index is 12.5. The maximum Gasteiger partial charge on any atom is 0.355 e. The van der Waals surface area contributed by atoms with Crippen LogP contribution in [-0.2, 0) is 11.3 Å². The monoisotopic (exact) mass is 391 g/mol. The second-order valence-electron chi connectivity index (χ2n) is 5.60. The summed E-state index contributed by atoms with van der Waals surface area (Å²) in [6.45, 7) is 2.06. The van der Waals surface area contributed by atoms with Crippen molar-refractivity contribution < 1.29 is 19.4 Å². The number of halogens is 2. The van der Waals surface area contributed by atoms with Crippen molar-refractivity contribution in [2.24, 2.45) is 0 Å². The predicted octanol–water partition coefficient (Wildman–Crippen LogP) is 4.87. The zero-order chi connectivity index (χ0) is 18.8. The molecule has 0 aliphatic rings. The summed E-state index contributed by atoms with van der Waals surface area (Å²) in [4.78, 5) is 24.4. The molecule has 0 unspecified atom stereocenters. The number of aromatic carboxylic acids is 1. The minimum Gasteiger partial charge on any atom is -0.478 e. The van der Waals surface area contributed by atoms with Crippen LogP contribution < -0.4 is 0 Å². The number of fused-ring (bicyclic) bond motifs is 1. The largest absolute Gasteiger partial charge is 0.478 e. The van der Waals surface area contributed by atoms with E-state index in [-0.39, 0.29) is 24.4 Å². The van der Waals surface area contributed by atoms with Gasteiger partial charge in [0.2, 0.25) is 0 Å². The zero-order valence-corrected chi connectivity index (χ0v) is 15.3. The molecule has 26 heavy (non-hydrogen) atoms. The van der Waals surface area contributed by atoms with E-state index in [4.69, 9.17) is 27.9 Å². The average molecular weight is 392 g/mol. The fourth-order valence-corrected chi connectivity index (χ4v) is 3.24. The van der Waals surface area contributed by atoms with Crippen molar-refractivity contribution >= 4 is 46.0 Å². The first-order valence-electron chi connectivity index (χ1n) is 7.89. The van der Waals surface area contributed by atoms with Gasteiger partial charge in [0.1, 0.15) is 5.69 Å². The molecule has 5 nitrogen and oxygen atoms in total. The molecule has 0 aliphatic heterocycles. The van der Waals surface area contributed by atoms with Crippen molar-refractivity contribution in [1.29, 1.82) is 0 Å². The SMILES string of the molecule is CCOC(=O)c1c(C(=O)O)c2ccccc2n1Cc1ccc(Cl)c(Cl)c1. The smallest absolute Gasteiger partial charge is 0.355 e. The number of benzene rings is 2. The summed E-state index contributed by atoms with van der Waals surface area (Å²) in [7, 11) is 0. The molecule has 2 aromatic carbocycles. The van der Waals surface area contributed by atoms with Gasteiger partial charge in [-0.15, -0.1) is 0 Å². The molecule has 0 bridgehead atoms. The van der Waals surface area contributed by atoms with Gasteiger partial charge in [-0.1, -0.05) is 47.5 Å². The van der Waals surface area contributed by atoms with E-state index in [9.17, 15) is 14.7 Å². The molecule has 0 spiro atoms. The van der Waals surface area contributed by atoms with Gasteiger partial charge in [-0.05, 0) is 30.7 Å².